The molecule has 0 fully saturated rings. The summed E-state index contributed by atoms with van der Waals surface area (Å²) in [7, 11) is -0.0468. The lowest BCUT2D eigenvalue weighted by Gasteiger charge is -2.22. The van der Waals surface area contributed by atoms with E-state index in [1.54, 1.807) is 7.11 Å². The summed E-state index contributed by atoms with van der Waals surface area (Å²) in [5.74, 6) is 1.14. The fraction of sp³-hybridized carbons (Fsp3) is 0.636. The fourth-order valence-corrected chi connectivity index (χ4v) is 1.76. The molecule has 0 aromatic carbocycles. The maximum absolute atomic E-state index is 5.72. The van der Waals surface area contributed by atoms with Crippen molar-refractivity contribution in [1.82, 2.24) is 0 Å². The molecule has 0 rings (SSSR count). The summed E-state index contributed by atoms with van der Waals surface area (Å²) >= 11 is 0. The fourth-order valence-electron chi connectivity index (χ4n) is 0.919. The first-order valence-electron chi connectivity index (χ1n) is 5.14. The zero-order valence-electron chi connectivity index (χ0n) is 10.4. The molecule has 0 saturated heterocycles. The lowest BCUT2D eigenvalue weighted by Crippen LogP contribution is -2.25. The maximum atomic E-state index is 5.72. The third-order valence-electron chi connectivity index (χ3n) is 1.39. The van der Waals surface area contributed by atoms with Crippen LogP contribution in [-0.4, -0.2) is 22.0 Å². The predicted molar refractivity (Wildman–Crippen MR) is 64.9 cm³/mol. The van der Waals surface area contributed by atoms with Gasteiger partial charge in [0.1, 0.15) is 12.0 Å². The van der Waals surface area contributed by atoms with Gasteiger partial charge in [0.2, 0.25) is 8.32 Å². The molecule has 0 atom stereocenters. The highest BCUT2D eigenvalue weighted by atomic mass is 28.4. The van der Waals surface area contributed by atoms with Crippen LogP contribution in [0.4, 0.5) is 0 Å². The lowest BCUT2D eigenvalue weighted by atomic mass is 10.4. The molecule has 0 aromatic heterocycles. The van der Waals surface area contributed by atoms with Gasteiger partial charge in [-0.15, -0.1) is 0 Å². The molecule has 0 saturated carbocycles. The zero-order chi connectivity index (χ0) is 11.9. The standard InChI is InChI=1S/C11H22O3Si/c1-7-8-13-11(9-12-3)10(2)14-15(4,5)6/h9H,2,7-8H2,1,3-6H3. The highest BCUT2D eigenvalue weighted by Gasteiger charge is 2.19. The van der Waals surface area contributed by atoms with Crippen molar-refractivity contribution < 1.29 is 13.9 Å². The molecule has 0 aliphatic rings. The van der Waals surface area contributed by atoms with E-state index in [-0.39, 0.29) is 0 Å². The van der Waals surface area contributed by atoms with Crippen LogP contribution in [0.25, 0.3) is 0 Å². The Bertz CT molecular complexity index is 228. The number of ether oxygens (including phenoxy) is 2. The lowest BCUT2D eigenvalue weighted by molar-refractivity contribution is 0.179. The molecule has 3 nitrogen and oxygen atoms in total. The second kappa shape index (κ2) is 6.56. The van der Waals surface area contributed by atoms with Crippen molar-refractivity contribution >= 4 is 8.32 Å². The van der Waals surface area contributed by atoms with Gasteiger partial charge >= 0.3 is 0 Å². The Morgan fingerprint density at radius 1 is 1.33 bits per heavy atom. The molecule has 0 amide bonds. The molecule has 4 heteroatoms. The van der Waals surface area contributed by atoms with E-state index in [0.717, 1.165) is 6.42 Å². The Labute approximate surface area is 93.9 Å². The number of rotatable bonds is 7. The summed E-state index contributed by atoms with van der Waals surface area (Å²) < 4.78 is 16.1. The van der Waals surface area contributed by atoms with Crippen LogP contribution < -0.4 is 0 Å². The van der Waals surface area contributed by atoms with Gasteiger partial charge in [-0.3, -0.25) is 0 Å². The van der Waals surface area contributed by atoms with Gasteiger partial charge < -0.3 is 13.9 Å². The monoisotopic (exact) mass is 230 g/mol. The van der Waals surface area contributed by atoms with Gasteiger partial charge in [0.25, 0.3) is 0 Å². The van der Waals surface area contributed by atoms with E-state index in [0.29, 0.717) is 18.1 Å². The summed E-state index contributed by atoms with van der Waals surface area (Å²) in [6.45, 7) is 12.8. The van der Waals surface area contributed by atoms with Gasteiger partial charge in [-0.05, 0) is 26.1 Å². The molecule has 0 aromatic rings. The first-order chi connectivity index (χ1) is 6.90. The van der Waals surface area contributed by atoms with E-state index >= 15 is 0 Å². The average molecular weight is 230 g/mol. The number of hydrogen-bond acceptors (Lipinski definition) is 3. The average Bonchev–Trinajstić information content (AvgIpc) is 2.09. The van der Waals surface area contributed by atoms with Gasteiger partial charge in [-0.2, -0.15) is 0 Å². The van der Waals surface area contributed by atoms with Gasteiger partial charge in [-0.1, -0.05) is 13.5 Å². The highest BCUT2D eigenvalue weighted by Crippen LogP contribution is 2.17. The molecule has 15 heavy (non-hydrogen) atoms. The molecule has 0 aliphatic heterocycles. The van der Waals surface area contributed by atoms with Crippen molar-refractivity contribution in [3.63, 3.8) is 0 Å². The first-order valence-corrected chi connectivity index (χ1v) is 8.55. The topological polar surface area (TPSA) is 27.7 Å². The Morgan fingerprint density at radius 3 is 2.33 bits per heavy atom. The summed E-state index contributed by atoms with van der Waals surface area (Å²) in [5, 5.41) is 0. The van der Waals surface area contributed by atoms with Crippen LogP contribution in [0.5, 0.6) is 0 Å². The molecule has 0 N–H and O–H groups in total. The highest BCUT2D eigenvalue weighted by molar-refractivity contribution is 6.70. The minimum Gasteiger partial charge on any atom is -0.542 e. The summed E-state index contributed by atoms with van der Waals surface area (Å²) in [5.41, 5.74) is 0. The van der Waals surface area contributed by atoms with Crippen LogP contribution in [0, 0.1) is 0 Å². The SMILES string of the molecule is C=C(O[Si](C)(C)C)C(=COC)OCCC. The van der Waals surface area contributed by atoms with Crippen molar-refractivity contribution in [2.75, 3.05) is 13.7 Å². The van der Waals surface area contributed by atoms with Gasteiger partial charge in [-0.25, -0.2) is 0 Å². The molecule has 0 radical (unpaired) electrons. The van der Waals surface area contributed by atoms with Crippen LogP contribution in [-0.2, 0) is 13.9 Å². The van der Waals surface area contributed by atoms with E-state index in [1.807, 2.05) is 6.92 Å². The van der Waals surface area contributed by atoms with Gasteiger partial charge in [0.15, 0.2) is 5.76 Å². The van der Waals surface area contributed by atoms with Crippen molar-refractivity contribution in [2.45, 2.75) is 33.0 Å². The van der Waals surface area contributed by atoms with E-state index in [9.17, 15) is 0 Å². The van der Waals surface area contributed by atoms with Crippen LogP contribution >= 0.6 is 0 Å². The molecular formula is C11H22O3Si. The summed E-state index contributed by atoms with van der Waals surface area (Å²) in [4.78, 5) is 0. The molecule has 88 valence electrons. The first kappa shape index (κ1) is 14.1. The molecule has 0 bridgehead atoms. The molecule has 0 spiro atoms. The van der Waals surface area contributed by atoms with Crippen LogP contribution in [0.15, 0.2) is 24.4 Å². The second-order valence-electron chi connectivity index (χ2n) is 4.20. The maximum Gasteiger partial charge on any atom is 0.242 e. The van der Waals surface area contributed by atoms with Crippen molar-refractivity contribution in [3.8, 4) is 0 Å². The van der Waals surface area contributed by atoms with Crippen LogP contribution in [0.1, 0.15) is 13.3 Å². The van der Waals surface area contributed by atoms with E-state index in [2.05, 4.69) is 26.2 Å². The van der Waals surface area contributed by atoms with Crippen molar-refractivity contribution in [2.24, 2.45) is 0 Å². The minimum atomic E-state index is -1.63. The Hall–Kier alpha value is -0.903. The Morgan fingerprint density at radius 2 is 1.93 bits per heavy atom. The summed E-state index contributed by atoms with van der Waals surface area (Å²) in [6, 6.07) is 0. The Kier molecular flexibility index (Phi) is 6.16. The third kappa shape index (κ3) is 7.08. The van der Waals surface area contributed by atoms with Crippen molar-refractivity contribution in [3.05, 3.63) is 24.4 Å². The molecule has 0 unspecified atom stereocenters. The third-order valence-corrected chi connectivity index (χ3v) is 2.25. The quantitative estimate of drug-likeness (QED) is 0.382. The summed E-state index contributed by atoms with van der Waals surface area (Å²) in [6.07, 6.45) is 2.47. The van der Waals surface area contributed by atoms with E-state index in [1.165, 1.54) is 6.26 Å². The Balaban J connectivity index is 4.37. The van der Waals surface area contributed by atoms with E-state index in [4.69, 9.17) is 13.9 Å². The largest absolute Gasteiger partial charge is 0.542 e. The van der Waals surface area contributed by atoms with Crippen LogP contribution in [0.3, 0.4) is 0 Å². The van der Waals surface area contributed by atoms with Gasteiger partial charge in [0, 0.05) is 0 Å². The number of hydrogen-bond donors (Lipinski definition) is 0. The molecule has 0 aliphatic carbocycles. The minimum absolute atomic E-state index is 0.560. The smallest absolute Gasteiger partial charge is 0.242 e. The normalized spacial score (nSPS) is 12.2. The van der Waals surface area contributed by atoms with Crippen molar-refractivity contribution in [1.29, 1.82) is 0 Å². The van der Waals surface area contributed by atoms with E-state index < -0.39 is 8.32 Å². The predicted octanol–water partition coefficient (Wildman–Crippen LogP) is 3.27. The molecular weight excluding hydrogens is 208 g/mol. The van der Waals surface area contributed by atoms with Gasteiger partial charge in [0.05, 0.1) is 13.7 Å². The molecule has 0 heterocycles. The second-order valence-corrected chi connectivity index (χ2v) is 8.63. The zero-order valence-corrected chi connectivity index (χ0v) is 11.4. The van der Waals surface area contributed by atoms with Crippen LogP contribution in [0.2, 0.25) is 19.6 Å². The number of methoxy groups -OCH3 is 1.